The second-order valence-electron chi connectivity index (χ2n) is 35.9. The van der Waals surface area contributed by atoms with E-state index in [9.17, 15) is 17.6 Å². The summed E-state index contributed by atoms with van der Waals surface area (Å²) in [5.74, 6) is -0.921. The highest BCUT2D eigenvalue weighted by Gasteiger charge is 2.30. The molecule has 5 heterocycles. The van der Waals surface area contributed by atoms with Gasteiger partial charge in [-0.05, 0) is 314 Å². The van der Waals surface area contributed by atoms with E-state index in [0.717, 1.165) is 177 Å². The molecular formula is C120H113F5N5+5. The van der Waals surface area contributed by atoms with Crippen molar-refractivity contribution in [2.75, 3.05) is 0 Å². The summed E-state index contributed by atoms with van der Waals surface area (Å²) in [6, 6.07) is 66.3. The molecule has 648 valence electrons. The van der Waals surface area contributed by atoms with Crippen molar-refractivity contribution in [3.05, 3.63) is 385 Å². The van der Waals surface area contributed by atoms with E-state index in [-0.39, 0.29) is 84.0 Å². The van der Waals surface area contributed by atoms with Gasteiger partial charge in [0, 0.05) is 53.3 Å². The molecule has 0 saturated heterocycles. The molecule has 130 heavy (non-hydrogen) atoms. The molecule has 0 N–H and O–H groups in total. The quantitative estimate of drug-likeness (QED) is 0.0898. The summed E-state index contributed by atoms with van der Waals surface area (Å²) in [4.78, 5) is 0. The number of rotatable bonds is 6. The van der Waals surface area contributed by atoms with Crippen molar-refractivity contribution in [2.24, 2.45) is 35.2 Å². The van der Waals surface area contributed by atoms with Gasteiger partial charge in [-0.25, -0.2) is 40.2 Å². The maximum absolute atomic E-state index is 15.4. The Hall–Kier alpha value is -13.7. The third-order valence-electron chi connectivity index (χ3n) is 27.1. The SMILES string of the molecule is [2H]c1c(C)[n+](C)c(-c2cc(C3CCCC3)cc(C)c2C)c2c1c(F)cc1ccccc12.[2H]c1c([2H])[n+](C)c(-c2cc(C)cc(C)c2C)c2c1cc(F)c1ccccc12.[2H]c1c([2H])[n+](C)c(-c2cc(C)cc(C)c2C)c2c1ccc1c(F)cccc12.[2H]c1c([2H])[n+](C)c(-c2cc(C)cc(C)c2C)c2c1ccc1cc(F)ccc12.[2H]c1c([2H])[n+](C)c(-c2cc(C)cc(C)c2C)c2c1ccc1ccc(F)cc12. The number of aryl methyl sites for hydroxylation is 9. The number of nitrogens with zero attached hydrogens (tertiary/aromatic N) is 5. The topological polar surface area (TPSA) is 19.4 Å². The van der Waals surface area contributed by atoms with Crippen LogP contribution in [0.25, 0.3) is 164 Å². The molecule has 0 bridgehead atoms. The summed E-state index contributed by atoms with van der Waals surface area (Å²) in [5, 5.41) is 15.0. The van der Waals surface area contributed by atoms with Gasteiger partial charge in [-0.2, -0.15) is 4.57 Å². The fourth-order valence-corrected chi connectivity index (χ4v) is 19.8. The van der Waals surface area contributed by atoms with Crippen LogP contribution in [0.3, 0.4) is 0 Å². The summed E-state index contributed by atoms with van der Waals surface area (Å²) >= 11 is 0. The molecule has 0 spiro atoms. The van der Waals surface area contributed by atoms with Crippen molar-refractivity contribution in [1.82, 2.24) is 0 Å². The van der Waals surface area contributed by atoms with Gasteiger partial charge in [0.25, 0.3) is 0 Å². The molecule has 0 amide bonds. The lowest BCUT2D eigenvalue weighted by Gasteiger charge is -2.17. The molecule has 1 saturated carbocycles. The van der Waals surface area contributed by atoms with Crippen molar-refractivity contribution in [1.29, 1.82) is 0 Å². The Morgan fingerprint density at radius 2 is 0.615 bits per heavy atom. The molecular weight excluding hydrogens is 1610 g/mol. The van der Waals surface area contributed by atoms with E-state index in [0.29, 0.717) is 43.6 Å². The van der Waals surface area contributed by atoms with Crippen LogP contribution < -0.4 is 22.8 Å². The molecule has 20 aromatic rings. The molecule has 10 heteroatoms. The summed E-state index contributed by atoms with van der Waals surface area (Å²) < 4.78 is 158. The molecule has 0 atom stereocenters. The van der Waals surface area contributed by atoms with Crippen LogP contribution in [-0.2, 0) is 35.2 Å². The molecule has 1 aliphatic carbocycles. The molecule has 5 aromatic heterocycles. The monoisotopic (exact) mass is 1730 g/mol. The normalized spacial score (nSPS) is 13.2. The minimum absolute atomic E-state index is 0.0444. The Bertz CT molecular complexity index is 8400. The molecule has 21 rings (SSSR count). The van der Waals surface area contributed by atoms with Gasteiger partial charge in [0.2, 0.25) is 28.5 Å². The first-order valence-corrected chi connectivity index (χ1v) is 44.6. The Kier molecular flexibility index (Phi) is 21.3. The number of pyridine rings is 5. The zero-order valence-corrected chi connectivity index (χ0v) is 77.7. The predicted molar refractivity (Wildman–Crippen MR) is 532 cm³/mol. The highest BCUT2D eigenvalue weighted by Crippen LogP contribution is 2.45. The molecule has 1 fully saturated rings. The minimum Gasteiger partial charge on any atom is -0.207 e. The first-order chi connectivity index (χ1) is 66.1. The van der Waals surface area contributed by atoms with Crippen LogP contribution in [0.1, 0.15) is 133 Å². The largest absolute Gasteiger partial charge is 0.221 e. The number of aromatic nitrogens is 5. The van der Waals surface area contributed by atoms with E-state index in [1.165, 1.54) is 101 Å². The Balaban J connectivity index is 0.000000120. The summed E-state index contributed by atoms with van der Waals surface area (Å²) in [6.45, 7) is 31.1. The Labute approximate surface area is 773 Å². The summed E-state index contributed by atoms with van der Waals surface area (Å²) in [6.07, 6.45) is 5.62. The number of hydrogen-bond donors (Lipinski definition) is 0. The van der Waals surface area contributed by atoms with Crippen LogP contribution in [-0.4, -0.2) is 0 Å². The average Bonchev–Trinajstić information content (AvgIpc) is 1.09. The molecule has 5 nitrogen and oxygen atoms in total. The van der Waals surface area contributed by atoms with Gasteiger partial charge in [0.05, 0.1) is 61.6 Å². The Morgan fingerprint density at radius 3 is 1.13 bits per heavy atom. The van der Waals surface area contributed by atoms with Gasteiger partial charge >= 0.3 is 0 Å². The van der Waals surface area contributed by atoms with Crippen molar-refractivity contribution in [2.45, 2.75) is 135 Å². The van der Waals surface area contributed by atoms with E-state index in [1.807, 2.05) is 109 Å². The molecule has 15 aromatic carbocycles. The second kappa shape index (κ2) is 35.7. The number of fused-ring (bicyclic) bond motifs is 15. The third kappa shape index (κ3) is 16.5. The van der Waals surface area contributed by atoms with Crippen molar-refractivity contribution in [3.8, 4) is 56.3 Å². The van der Waals surface area contributed by atoms with Gasteiger partial charge in [0.15, 0.2) is 30.4 Å². The van der Waals surface area contributed by atoms with Crippen LogP contribution in [0.15, 0.2) is 267 Å². The van der Waals surface area contributed by atoms with E-state index >= 15 is 4.39 Å². The summed E-state index contributed by atoms with van der Waals surface area (Å²) in [7, 11) is 9.27. The standard InChI is InChI=1S/C28H29FN.4C23H21FN/c1-17-13-22(20-9-5-6-10-20)15-24(19(17)3)28-27-23-12-8-7-11-21(23)16-26(29)25(27)14-18(2)30(28)4;1-14-11-15(2)16(3)21(12-14)23-22-17(9-10-25(23)4)5-6-18-13-19(24)7-8-20(18)22;1-14-11-15(2)16(3)20(12-14)23-22-18(9-10-25(23)4)6-5-17-7-8-19(24)13-21(17)22;1-14-12-15(2)16(3)20(13-14)23-22-17(10-11-25(23)4)8-9-18-19(22)6-5-7-21(18)24;1-14-11-15(2)16(3)20(12-14)23-22-17(9-10-25(23)4)13-21(24)18-7-5-6-8-19(18)22/h7-8,11-16,20H,5-6,9-10H2,1-4H3;4*5-13H,1-4H3/q5*+1/i14D;2*9D,10D;10D,11D;9D,10D. The van der Waals surface area contributed by atoms with Gasteiger partial charge < -0.3 is 0 Å². The second-order valence-corrected chi connectivity index (χ2v) is 35.9. The maximum atomic E-state index is 15.4. The number of halogens is 5. The van der Waals surface area contributed by atoms with Crippen molar-refractivity contribution in [3.63, 3.8) is 0 Å². The average molecular weight is 1730 g/mol. The smallest absolute Gasteiger partial charge is 0.207 e. The molecule has 0 radical (unpaired) electrons. The molecule has 0 aliphatic heterocycles. The lowest BCUT2D eigenvalue weighted by atomic mass is 9.88. The highest BCUT2D eigenvalue weighted by atomic mass is 19.1. The Morgan fingerprint density at radius 1 is 0.269 bits per heavy atom. The van der Waals surface area contributed by atoms with Crippen LogP contribution in [0, 0.1) is 133 Å². The van der Waals surface area contributed by atoms with Gasteiger partial charge in [-0.1, -0.05) is 175 Å². The minimum atomic E-state index is -0.358. The molecule has 0 unspecified atom stereocenters. The first-order valence-electron chi connectivity index (χ1n) is 49.1. The van der Waals surface area contributed by atoms with Crippen LogP contribution in [0.5, 0.6) is 0 Å². The van der Waals surface area contributed by atoms with Crippen molar-refractivity contribution >= 4 is 108 Å². The van der Waals surface area contributed by atoms with Gasteiger partial charge in [-0.15, -0.1) is 0 Å². The lowest BCUT2D eigenvalue weighted by Crippen LogP contribution is -2.35. The third-order valence-corrected chi connectivity index (χ3v) is 27.1. The predicted octanol–water partition coefficient (Wildman–Crippen LogP) is 29.4. The van der Waals surface area contributed by atoms with Gasteiger partial charge in [0.1, 0.15) is 69.8 Å². The zero-order valence-electron chi connectivity index (χ0n) is 86.7. The lowest BCUT2D eigenvalue weighted by molar-refractivity contribution is -0.665. The van der Waals surface area contributed by atoms with E-state index in [4.69, 9.17) is 12.3 Å². The van der Waals surface area contributed by atoms with Crippen LogP contribution in [0.4, 0.5) is 22.0 Å². The summed E-state index contributed by atoms with van der Waals surface area (Å²) in [5.41, 5.74) is 28.2. The van der Waals surface area contributed by atoms with E-state index in [1.54, 1.807) is 60.7 Å². The van der Waals surface area contributed by atoms with Crippen LogP contribution >= 0.6 is 0 Å². The fraction of sp³-hybridized carbons (Fsp3) is 0.208. The van der Waals surface area contributed by atoms with Gasteiger partial charge in [-0.3, -0.25) is 0 Å². The molecule has 1 aliphatic rings. The fourth-order valence-electron chi connectivity index (χ4n) is 19.8. The number of hydrogen-bond acceptors (Lipinski definition) is 0. The highest BCUT2D eigenvalue weighted by molar-refractivity contribution is 6.17. The van der Waals surface area contributed by atoms with E-state index in [2.05, 4.69) is 168 Å². The van der Waals surface area contributed by atoms with Crippen molar-refractivity contribution < 1.29 is 57.1 Å². The first kappa shape index (κ1) is 77.4. The number of benzene rings is 15. The van der Waals surface area contributed by atoms with Crippen LogP contribution in [0.2, 0.25) is 0 Å². The zero-order chi connectivity index (χ0) is 99.7. The maximum Gasteiger partial charge on any atom is 0.221 e. The van der Waals surface area contributed by atoms with E-state index < -0.39 is 0 Å².